The Balaban J connectivity index is 1.51. The zero-order chi connectivity index (χ0) is 25.5. The van der Waals surface area contributed by atoms with E-state index < -0.39 is 10.0 Å². The minimum atomic E-state index is -3.79. The number of para-hydroxylation sites is 1. The van der Waals surface area contributed by atoms with Crippen molar-refractivity contribution in [3.05, 3.63) is 126 Å². The topological polar surface area (TPSA) is 75.7 Å². The van der Waals surface area contributed by atoms with E-state index in [0.717, 1.165) is 16.9 Å². The molecule has 0 bridgehead atoms. The van der Waals surface area contributed by atoms with Crippen molar-refractivity contribution in [1.29, 1.82) is 0 Å². The predicted octanol–water partition coefficient (Wildman–Crippen LogP) is 5.58. The molecule has 0 heterocycles. The Labute approximate surface area is 212 Å². The van der Waals surface area contributed by atoms with Gasteiger partial charge < -0.3 is 10.1 Å². The van der Waals surface area contributed by atoms with Crippen LogP contribution in [0.2, 0.25) is 0 Å². The van der Waals surface area contributed by atoms with Crippen LogP contribution in [-0.4, -0.2) is 21.4 Å². The molecule has 36 heavy (non-hydrogen) atoms. The molecule has 0 aromatic heterocycles. The Morgan fingerprint density at radius 2 is 1.42 bits per heavy atom. The van der Waals surface area contributed by atoms with Crippen molar-refractivity contribution < 1.29 is 17.9 Å². The van der Waals surface area contributed by atoms with Crippen LogP contribution >= 0.6 is 0 Å². The summed E-state index contributed by atoms with van der Waals surface area (Å²) in [5.41, 5.74) is 2.79. The van der Waals surface area contributed by atoms with Crippen molar-refractivity contribution in [3.63, 3.8) is 0 Å². The molecule has 6 nitrogen and oxygen atoms in total. The third kappa shape index (κ3) is 5.75. The number of nitrogens with zero attached hydrogens (tertiary/aromatic N) is 1. The number of hydrogen-bond donors (Lipinski definition) is 1. The molecule has 0 saturated heterocycles. The number of sulfonamides is 1. The van der Waals surface area contributed by atoms with E-state index in [1.165, 1.54) is 4.31 Å². The Morgan fingerprint density at radius 1 is 0.833 bits per heavy atom. The number of anilines is 1. The van der Waals surface area contributed by atoms with Gasteiger partial charge in [0, 0.05) is 5.56 Å². The second-order valence-corrected chi connectivity index (χ2v) is 10.2. The zero-order valence-electron chi connectivity index (χ0n) is 20.2. The molecule has 1 N–H and O–H groups in total. The number of benzene rings is 4. The van der Waals surface area contributed by atoms with Gasteiger partial charge in [0.25, 0.3) is 15.9 Å². The smallest absolute Gasteiger partial charge is 0.264 e. The molecule has 4 aromatic carbocycles. The largest absolute Gasteiger partial charge is 0.497 e. The average molecular weight is 501 g/mol. The molecule has 7 heteroatoms. The first-order chi connectivity index (χ1) is 17.4. The van der Waals surface area contributed by atoms with Gasteiger partial charge in [0.1, 0.15) is 5.75 Å². The second-order valence-electron chi connectivity index (χ2n) is 8.33. The number of carbonyl (C=O) groups excluding carboxylic acids is 1. The first-order valence-corrected chi connectivity index (χ1v) is 13.0. The number of amides is 1. The van der Waals surface area contributed by atoms with Gasteiger partial charge in [-0.25, -0.2) is 8.42 Å². The Bertz CT molecular complexity index is 1390. The van der Waals surface area contributed by atoms with Crippen LogP contribution < -0.4 is 14.4 Å². The lowest BCUT2D eigenvalue weighted by molar-refractivity contribution is 0.0940. The van der Waals surface area contributed by atoms with Crippen molar-refractivity contribution in [3.8, 4) is 5.75 Å². The normalized spacial score (nSPS) is 11.9. The molecule has 0 aliphatic carbocycles. The molecular formula is C29H28N2O4S. The second kappa shape index (κ2) is 11.1. The lowest BCUT2D eigenvalue weighted by Crippen LogP contribution is -2.30. The molecule has 0 fully saturated rings. The summed E-state index contributed by atoms with van der Waals surface area (Å²) in [5.74, 6) is 0.549. The first-order valence-electron chi connectivity index (χ1n) is 11.5. The minimum Gasteiger partial charge on any atom is -0.497 e. The van der Waals surface area contributed by atoms with Crippen molar-refractivity contribution in [1.82, 2.24) is 5.32 Å². The third-order valence-corrected chi connectivity index (χ3v) is 7.67. The van der Waals surface area contributed by atoms with Crippen LogP contribution in [0.25, 0.3) is 0 Å². The van der Waals surface area contributed by atoms with Gasteiger partial charge in [-0.1, -0.05) is 60.7 Å². The number of carbonyl (C=O) groups is 1. The fourth-order valence-corrected chi connectivity index (χ4v) is 5.29. The summed E-state index contributed by atoms with van der Waals surface area (Å²) < 4.78 is 33.5. The van der Waals surface area contributed by atoms with E-state index in [1.54, 1.807) is 86.0 Å². The highest BCUT2D eigenvalue weighted by molar-refractivity contribution is 7.92. The summed E-state index contributed by atoms with van der Waals surface area (Å²) in [5, 5.41) is 3.00. The molecule has 0 saturated carbocycles. The predicted molar refractivity (Wildman–Crippen MR) is 142 cm³/mol. The maximum Gasteiger partial charge on any atom is 0.264 e. The zero-order valence-corrected chi connectivity index (χ0v) is 21.0. The number of nitrogens with one attached hydrogen (secondary N) is 1. The van der Waals surface area contributed by atoms with E-state index >= 15 is 0 Å². The summed E-state index contributed by atoms with van der Waals surface area (Å²) in [4.78, 5) is 13.0. The highest BCUT2D eigenvalue weighted by atomic mass is 32.2. The van der Waals surface area contributed by atoms with Crippen LogP contribution in [0.3, 0.4) is 0 Å². The monoisotopic (exact) mass is 500 g/mol. The summed E-state index contributed by atoms with van der Waals surface area (Å²) >= 11 is 0. The highest BCUT2D eigenvalue weighted by Gasteiger charge is 2.25. The summed E-state index contributed by atoms with van der Waals surface area (Å²) in [6.45, 7) is 2.05. The van der Waals surface area contributed by atoms with Gasteiger partial charge in [-0.3, -0.25) is 9.10 Å². The maximum atomic E-state index is 13.5. The summed E-state index contributed by atoms with van der Waals surface area (Å²) in [7, 11) is -2.17. The van der Waals surface area contributed by atoms with Crippen LogP contribution in [0.4, 0.5) is 5.69 Å². The molecule has 0 aliphatic heterocycles. The molecular weight excluding hydrogens is 472 g/mol. The molecule has 1 atom stereocenters. The van der Waals surface area contributed by atoms with Crippen molar-refractivity contribution in [2.45, 2.75) is 24.4 Å². The molecule has 4 rings (SSSR count). The lowest BCUT2D eigenvalue weighted by atomic mass is 10.1. The number of hydrogen-bond acceptors (Lipinski definition) is 4. The number of ether oxygens (including phenoxy) is 1. The van der Waals surface area contributed by atoms with Gasteiger partial charge >= 0.3 is 0 Å². The van der Waals surface area contributed by atoms with E-state index in [2.05, 4.69) is 5.32 Å². The third-order valence-electron chi connectivity index (χ3n) is 5.88. The summed E-state index contributed by atoms with van der Waals surface area (Å²) in [6.07, 6.45) is 0. The van der Waals surface area contributed by atoms with Crippen LogP contribution in [0, 0.1) is 0 Å². The van der Waals surface area contributed by atoms with E-state index in [4.69, 9.17) is 4.74 Å². The highest BCUT2D eigenvalue weighted by Crippen LogP contribution is 2.26. The van der Waals surface area contributed by atoms with Crippen molar-refractivity contribution in [2.24, 2.45) is 0 Å². The van der Waals surface area contributed by atoms with E-state index in [0.29, 0.717) is 11.3 Å². The average Bonchev–Trinajstić information content (AvgIpc) is 2.93. The van der Waals surface area contributed by atoms with Crippen LogP contribution in [0.5, 0.6) is 5.75 Å². The Kier molecular flexibility index (Phi) is 7.71. The Morgan fingerprint density at radius 3 is 2.00 bits per heavy atom. The SMILES string of the molecule is COc1ccc([C@H](C)NC(=O)c2ccc(CN(c3ccccc3)S(=O)(=O)c3ccccc3)cc2)cc1. The van der Waals surface area contributed by atoms with Gasteiger partial charge in [0.2, 0.25) is 0 Å². The summed E-state index contributed by atoms with van der Waals surface area (Å²) in [6, 6.07) is 31.7. The lowest BCUT2D eigenvalue weighted by Gasteiger charge is -2.25. The fraction of sp³-hybridized carbons (Fsp3) is 0.138. The van der Waals surface area contributed by atoms with E-state index in [9.17, 15) is 13.2 Å². The molecule has 0 unspecified atom stereocenters. The minimum absolute atomic E-state index is 0.130. The number of methoxy groups -OCH3 is 1. The Hall–Kier alpha value is -4.10. The van der Waals surface area contributed by atoms with Gasteiger partial charge in [-0.2, -0.15) is 0 Å². The van der Waals surface area contributed by atoms with Crippen LogP contribution in [0.1, 0.15) is 34.5 Å². The van der Waals surface area contributed by atoms with Crippen molar-refractivity contribution >= 4 is 21.6 Å². The van der Waals surface area contributed by atoms with Gasteiger partial charge in [-0.15, -0.1) is 0 Å². The standard InChI is InChI=1S/C29H28N2O4S/c1-22(24-17-19-27(35-2)20-18-24)30-29(32)25-15-13-23(14-16-25)21-31(26-9-5-3-6-10-26)36(33,34)28-11-7-4-8-12-28/h3-20,22H,21H2,1-2H3,(H,30,32)/t22-/m0/s1. The van der Waals surface area contributed by atoms with Crippen LogP contribution in [-0.2, 0) is 16.6 Å². The van der Waals surface area contributed by atoms with Gasteiger partial charge in [0.05, 0.1) is 30.3 Å². The quantitative estimate of drug-likeness (QED) is 0.325. The molecule has 4 aromatic rings. The van der Waals surface area contributed by atoms with Gasteiger partial charge in [-0.05, 0) is 66.6 Å². The first kappa shape index (κ1) is 25.0. The molecule has 0 radical (unpaired) electrons. The van der Waals surface area contributed by atoms with E-state index in [1.807, 2.05) is 37.3 Å². The molecule has 184 valence electrons. The van der Waals surface area contributed by atoms with E-state index in [-0.39, 0.29) is 23.4 Å². The molecule has 0 spiro atoms. The molecule has 1 amide bonds. The van der Waals surface area contributed by atoms with Crippen LogP contribution in [0.15, 0.2) is 114 Å². The number of rotatable bonds is 9. The molecule has 0 aliphatic rings. The van der Waals surface area contributed by atoms with Crippen molar-refractivity contribution in [2.75, 3.05) is 11.4 Å². The fourth-order valence-electron chi connectivity index (χ4n) is 3.81. The van der Waals surface area contributed by atoms with Gasteiger partial charge in [0.15, 0.2) is 0 Å². The maximum absolute atomic E-state index is 13.5.